The molecule has 0 aliphatic rings. The Kier molecular flexibility index (Phi) is 5.39. The zero-order chi connectivity index (χ0) is 15.2. The molecule has 2 rings (SSSR count). The highest BCUT2D eigenvalue weighted by molar-refractivity contribution is 5.59. The van der Waals surface area contributed by atoms with Gasteiger partial charge in [-0.3, -0.25) is 0 Å². The molecule has 21 heavy (non-hydrogen) atoms. The molecule has 1 heterocycles. The lowest BCUT2D eigenvalue weighted by Gasteiger charge is -2.15. The summed E-state index contributed by atoms with van der Waals surface area (Å²) in [7, 11) is 1.73. The molecule has 2 aromatic rings. The van der Waals surface area contributed by atoms with Crippen molar-refractivity contribution in [3.8, 4) is 0 Å². The fourth-order valence-corrected chi connectivity index (χ4v) is 2.43. The minimum Gasteiger partial charge on any atom is -0.385 e. The van der Waals surface area contributed by atoms with E-state index in [1.807, 2.05) is 6.92 Å². The predicted molar refractivity (Wildman–Crippen MR) is 87.3 cm³/mol. The van der Waals surface area contributed by atoms with Gasteiger partial charge in [0, 0.05) is 32.1 Å². The zero-order valence-electron chi connectivity index (χ0n) is 13.4. The molecule has 0 fully saturated rings. The van der Waals surface area contributed by atoms with E-state index in [2.05, 4.69) is 59.2 Å². The average Bonchev–Trinajstić information content (AvgIpc) is 2.79. The second kappa shape index (κ2) is 7.27. The van der Waals surface area contributed by atoms with Gasteiger partial charge in [-0.15, -0.1) is 0 Å². The summed E-state index contributed by atoms with van der Waals surface area (Å²) in [6.45, 7) is 8.10. The van der Waals surface area contributed by atoms with Gasteiger partial charge >= 0.3 is 0 Å². The maximum Gasteiger partial charge on any atom is 0.207 e. The zero-order valence-corrected chi connectivity index (χ0v) is 13.4. The fourth-order valence-electron chi connectivity index (χ4n) is 2.43. The van der Waals surface area contributed by atoms with Crippen LogP contribution in [0, 0.1) is 6.92 Å². The molecule has 0 aliphatic heterocycles. The van der Waals surface area contributed by atoms with E-state index in [4.69, 9.17) is 4.74 Å². The molecule has 114 valence electrons. The first-order chi connectivity index (χ1) is 10.1. The van der Waals surface area contributed by atoms with Crippen LogP contribution in [0.25, 0.3) is 0 Å². The number of anilines is 2. The van der Waals surface area contributed by atoms with Gasteiger partial charge in [0.25, 0.3) is 0 Å². The quantitative estimate of drug-likeness (QED) is 0.779. The van der Waals surface area contributed by atoms with Crippen LogP contribution in [0.2, 0.25) is 0 Å². The molecule has 0 unspecified atom stereocenters. The number of hydrogen-bond donors (Lipinski definition) is 1. The van der Waals surface area contributed by atoms with Gasteiger partial charge in [0.15, 0.2) is 0 Å². The number of benzene rings is 1. The molecule has 0 atom stereocenters. The van der Waals surface area contributed by atoms with Crippen molar-refractivity contribution in [3.63, 3.8) is 0 Å². The van der Waals surface area contributed by atoms with Crippen LogP contribution in [0.15, 0.2) is 30.5 Å². The van der Waals surface area contributed by atoms with Crippen LogP contribution in [-0.2, 0) is 11.3 Å². The lowest BCUT2D eigenvalue weighted by molar-refractivity contribution is 0.190. The maximum atomic E-state index is 5.12. The molecule has 4 heteroatoms. The Labute approximate surface area is 127 Å². The number of para-hydroxylation sites is 1. The predicted octanol–water partition coefficient (Wildman–Crippen LogP) is 4.10. The van der Waals surface area contributed by atoms with Crippen LogP contribution in [0.1, 0.15) is 37.4 Å². The molecule has 4 nitrogen and oxygen atoms in total. The summed E-state index contributed by atoms with van der Waals surface area (Å²) < 4.78 is 7.28. The normalized spacial score (nSPS) is 11.1. The van der Waals surface area contributed by atoms with Crippen LogP contribution in [0.5, 0.6) is 0 Å². The van der Waals surface area contributed by atoms with E-state index >= 15 is 0 Å². The fraction of sp³-hybridized carbons (Fsp3) is 0.471. The van der Waals surface area contributed by atoms with Gasteiger partial charge in [0.05, 0.1) is 5.69 Å². The first-order valence-corrected chi connectivity index (χ1v) is 7.50. The van der Waals surface area contributed by atoms with Crippen LogP contribution in [0.4, 0.5) is 11.6 Å². The highest BCUT2D eigenvalue weighted by atomic mass is 16.5. The summed E-state index contributed by atoms with van der Waals surface area (Å²) >= 11 is 0. The summed E-state index contributed by atoms with van der Waals surface area (Å²) in [6, 6.07) is 8.41. The SMILES string of the molecule is COCCCn1cc(C)nc1Nc1ccccc1C(C)C. The van der Waals surface area contributed by atoms with Crippen molar-refractivity contribution in [3.05, 3.63) is 41.7 Å². The standard InChI is InChI=1S/C17H25N3O/c1-13(2)15-8-5-6-9-16(15)19-17-18-14(3)12-20(17)10-7-11-21-4/h5-6,8-9,12-13H,7,10-11H2,1-4H3,(H,18,19). The van der Waals surface area contributed by atoms with Crippen molar-refractivity contribution in [2.75, 3.05) is 19.0 Å². The molecule has 1 N–H and O–H groups in total. The molecule has 0 spiro atoms. The minimum absolute atomic E-state index is 0.478. The third kappa shape index (κ3) is 4.08. The van der Waals surface area contributed by atoms with Crippen LogP contribution >= 0.6 is 0 Å². The first-order valence-electron chi connectivity index (χ1n) is 7.50. The van der Waals surface area contributed by atoms with E-state index in [0.29, 0.717) is 5.92 Å². The van der Waals surface area contributed by atoms with E-state index < -0.39 is 0 Å². The van der Waals surface area contributed by atoms with Gasteiger partial charge < -0.3 is 14.6 Å². The lowest BCUT2D eigenvalue weighted by atomic mass is 10.0. The first kappa shape index (κ1) is 15.6. The van der Waals surface area contributed by atoms with Gasteiger partial charge in [-0.2, -0.15) is 0 Å². The van der Waals surface area contributed by atoms with Crippen LogP contribution in [0.3, 0.4) is 0 Å². The Morgan fingerprint density at radius 2 is 2.05 bits per heavy atom. The number of hydrogen-bond acceptors (Lipinski definition) is 3. The molecule has 0 radical (unpaired) electrons. The number of nitrogens with zero attached hydrogens (tertiary/aromatic N) is 2. The molecule has 0 bridgehead atoms. The van der Waals surface area contributed by atoms with Crippen LogP contribution in [-0.4, -0.2) is 23.3 Å². The van der Waals surface area contributed by atoms with Gasteiger partial charge in [0.1, 0.15) is 0 Å². The maximum absolute atomic E-state index is 5.12. The Hall–Kier alpha value is -1.81. The van der Waals surface area contributed by atoms with Crippen molar-refractivity contribution in [2.45, 2.75) is 39.7 Å². The molecule has 1 aromatic heterocycles. The van der Waals surface area contributed by atoms with Crippen molar-refractivity contribution in [1.82, 2.24) is 9.55 Å². The molecular weight excluding hydrogens is 262 g/mol. The Morgan fingerprint density at radius 1 is 1.29 bits per heavy atom. The third-order valence-electron chi connectivity index (χ3n) is 3.47. The van der Waals surface area contributed by atoms with E-state index in [0.717, 1.165) is 36.9 Å². The second-order valence-corrected chi connectivity index (χ2v) is 5.61. The van der Waals surface area contributed by atoms with Crippen molar-refractivity contribution < 1.29 is 4.74 Å². The second-order valence-electron chi connectivity index (χ2n) is 5.61. The molecule has 0 saturated carbocycles. The Morgan fingerprint density at radius 3 is 2.76 bits per heavy atom. The summed E-state index contributed by atoms with van der Waals surface area (Å²) in [5, 5.41) is 3.48. The number of rotatable bonds is 7. The lowest BCUT2D eigenvalue weighted by Crippen LogP contribution is -2.06. The van der Waals surface area contributed by atoms with Crippen LogP contribution < -0.4 is 5.32 Å². The number of ether oxygens (including phenoxy) is 1. The topological polar surface area (TPSA) is 39.1 Å². The summed E-state index contributed by atoms with van der Waals surface area (Å²) in [5.41, 5.74) is 3.46. The molecule has 0 amide bonds. The van der Waals surface area contributed by atoms with E-state index in [-0.39, 0.29) is 0 Å². The van der Waals surface area contributed by atoms with Crippen molar-refractivity contribution >= 4 is 11.6 Å². The van der Waals surface area contributed by atoms with E-state index in [9.17, 15) is 0 Å². The Balaban J connectivity index is 2.19. The highest BCUT2D eigenvalue weighted by Crippen LogP contribution is 2.26. The third-order valence-corrected chi connectivity index (χ3v) is 3.47. The van der Waals surface area contributed by atoms with Gasteiger partial charge in [-0.05, 0) is 30.9 Å². The molecule has 0 aliphatic carbocycles. The highest BCUT2D eigenvalue weighted by Gasteiger charge is 2.10. The van der Waals surface area contributed by atoms with Gasteiger partial charge in [-0.25, -0.2) is 4.98 Å². The monoisotopic (exact) mass is 287 g/mol. The Bertz CT molecular complexity index is 575. The van der Waals surface area contributed by atoms with Crippen molar-refractivity contribution in [1.29, 1.82) is 0 Å². The summed E-state index contributed by atoms with van der Waals surface area (Å²) in [4.78, 5) is 4.60. The smallest absolute Gasteiger partial charge is 0.207 e. The number of methoxy groups -OCH3 is 1. The number of aryl methyl sites for hydroxylation is 2. The van der Waals surface area contributed by atoms with Gasteiger partial charge in [-0.1, -0.05) is 32.0 Å². The van der Waals surface area contributed by atoms with Crippen molar-refractivity contribution in [2.24, 2.45) is 0 Å². The minimum atomic E-state index is 0.478. The number of aromatic nitrogens is 2. The van der Waals surface area contributed by atoms with Gasteiger partial charge in [0.2, 0.25) is 5.95 Å². The average molecular weight is 287 g/mol. The largest absolute Gasteiger partial charge is 0.385 e. The van der Waals surface area contributed by atoms with E-state index in [1.165, 1.54) is 5.56 Å². The molecular formula is C17H25N3O. The molecule has 1 aromatic carbocycles. The summed E-state index contributed by atoms with van der Waals surface area (Å²) in [5.74, 6) is 1.38. The molecule has 0 saturated heterocycles. The number of imidazole rings is 1. The summed E-state index contributed by atoms with van der Waals surface area (Å²) in [6.07, 6.45) is 3.06. The van der Waals surface area contributed by atoms with E-state index in [1.54, 1.807) is 7.11 Å². The number of nitrogens with one attached hydrogen (secondary N) is 1.